The van der Waals surface area contributed by atoms with E-state index in [0.29, 0.717) is 15.8 Å². The third kappa shape index (κ3) is 1.83. The van der Waals surface area contributed by atoms with E-state index in [1.165, 1.54) is 35.8 Å². The van der Waals surface area contributed by atoms with Crippen molar-refractivity contribution < 1.29 is 9.66 Å². The highest BCUT2D eigenvalue weighted by atomic mass is 32.1. The molecule has 2 rings (SSSR count). The Kier molecular flexibility index (Phi) is 2.65. The first-order valence-corrected chi connectivity index (χ1v) is 5.70. The number of rotatable bonds is 3. The molecule has 0 fully saturated rings. The molecular formula is C8H6N2O3S2. The molecule has 0 aromatic carbocycles. The van der Waals surface area contributed by atoms with Crippen molar-refractivity contribution in [2.24, 2.45) is 0 Å². The van der Waals surface area contributed by atoms with E-state index in [1.54, 1.807) is 10.8 Å². The summed E-state index contributed by atoms with van der Waals surface area (Å²) in [5.41, 5.74) is 0.687. The molecule has 5 nitrogen and oxygen atoms in total. The van der Waals surface area contributed by atoms with Crippen molar-refractivity contribution in [1.29, 1.82) is 0 Å². The minimum absolute atomic E-state index is 0.0907. The maximum Gasteiger partial charge on any atom is 0.289 e. The SMILES string of the molecule is COc1nc(-c2sccc2[N+](=O)[O-])cs1. The molecule has 0 saturated carbocycles. The Morgan fingerprint density at radius 1 is 1.53 bits per heavy atom. The number of aromatic nitrogens is 1. The molecule has 0 spiro atoms. The van der Waals surface area contributed by atoms with Gasteiger partial charge in [0, 0.05) is 11.4 Å². The van der Waals surface area contributed by atoms with Crippen LogP contribution in [-0.4, -0.2) is 17.0 Å². The monoisotopic (exact) mass is 242 g/mol. The molecule has 0 N–H and O–H groups in total. The Balaban J connectivity index is 2.44. The van der Waals surface area contributed by atoms with Crippen LogP contribution in [0, 0.1) is 10.1 Å². The number of nitrogens with zero attached hydrogens (tertiary/aromatic N) is 2. The number of thiazole rings is 1. The zero-order valence-corrected chi connectivity index (χ0v) is 9.30. The summed E-state index contributed by atoms with van der Waals surface area (Å²) in [7, 11) is 1.52. The lowest BCUT2D eigenvalue weighted by Crippen LogP contribution is -1.87. The zero-order valence-electron chi connectivity index (χ0n) is 7.67. The van der Waals surface area contributed by atoms with Gasteiger partial charge >= 0.3 is 0 Å². The standard InChI is InChI=1S/C8H6N2O3S2/c1-13-8-9-5(4-15-8)7-6(10(11)12)2-3-14-7/h2-4H,1H3. The molecule has 0 aliphatic carbocycles. The summed E-state index contributed by atoms with van der Waals surface area (Å²) < 4.78 is 4.94. The minimum Gasteiger partial charge on any atom is -0.473 e. The van der Waals surface area contributed by atoms with Gasteiger partial charge in [0.25, 0.3) is 10.9 Å². The molecule has 2 aromatic heterocycles. The van der Waals surface area contributed by atoms with Crippen LogP contribution in [0.3, 0.4) is 0 Å². The van der Waals surface area contributed by atoms with Crippen LogP contribution < -0.4 is 4.74 Å². The number of ether oxygens (including phenoxy) is 1. The van der Waals surface area contributed by atoms with E-state index < -0.39 is 4.92 Å². The van der Waals surface area contributed by atoms with Crippen molar-refractivity contribution in [2.45, 2.75) is 0 Å². The van der Waals surface area contributed by atoms with Crippen LogP contribution in [-0.2, 0) is 0 Å². The molecule has 2 aromatic rings. The maximum absolute atomic E-state index is 10.7. The molecule has 0 amide bonds. The van der Waals surface area contributed by atoms with Gasteiger partial charge in [0.2, 0.25) is 0 Å². The Bertz CT molecular complexity index is 492. The number of hydrogen-bond donors (Lipinski definition) is 0. The molecule has 15 heavy (non-hydrogen) atoms. The van der Waals surface area contributed by atoms with Gasteiger partial charge in [-0.2, -0.15) is 0 Å². The normalized spacial score (nSPS) is 10.2. The van der Waals surface area contributed by atoms with E-state index in [2.05, 4.69) is 4.98 Å². The van der Waals surface area contributed by atoms with Crippen molar-refractivity contribution in [3.05, 3.63) is 26.9 Å². The molecule has 0 radical (unpaired) electrons. The summed E-state index contributed by atoms with van der Waals surface area (Å²) in [6.45, 7) is 0. The largest absolute Gasteiger partial charge is 0.473 e. The maximum atomic E-state index is 10.7. The minimum atomic E-state index is -0.405. The van der Waals surface area contributed by atoms with Gasteiger partial charge in [0.1, 0.15) is 10.6 Å². The van der Waals surface area contributed by atoms with Crippen LogP contribution >= 0.6 is 22.7 Å². The van der Waals surface area contributed by atoms with Crippen molar-refractivity contribution in [2.75, 3.05) is 7.11 Å². The fraction of sp³-hybridized carbons (Fsp3) is 0.125. The second kappa shape index (κ2) is 3.95. The first-order valence-electron chi connectivity index (χ1n) is 3.94. The lowest BCUT2D eigenvalue weighted by molar-refractivity contribution is -0.383. The van der Waals surface area contributed by atoms with Crippen LogP contribution in [0.4, 0.5) is 5.69 Å². The van der Waals surface area contributed by atoms with Gasteiger partial charge in [-0.1, -0.05) is 11.3 Å². The number of thiophene rings is 1. The summed E-state index contributed by atoms with van der Waals surface area (Å²) in [6, 6.07) is 1.48. The second-order valence-corrected chi connectivity index (χ2v) is 4.33. The van der Waals surface area contributed by atoms with Crippen LogP contribution in [0.15, 0.2) is 16.8 Å². The average Bonchev–Trinajstić information content (AvgIpc) is 2.85. The molecule has 2 heterocycles. The van der Waals surface area contributed by atoms with E-state index in [0.717, 1.165) is 0 Å². The van der Waals surface area contributed by atoms with Gasteiger partial charge in [0.15, 0.2) is 0 Å². The van der Waals surface area contributed by atoms with Crippen LogP contribution in [0.2, 0.25) is 0 Å². The summed E-state index contributed by atoms with van der Waals surface area (Å²) in [5, 5.41) is 14.6. The molecule has 0 unspecified atom stereocenters. The van der Waals surface area contributed by atoms with Crippen LogP contribution in [0.25, 0.3) is 10.6 Å². The summed E-state index contributed by atoms with van der Waals surface area (Å²) in [5.74, 6) is 0. The van der Waals surface area contributed by atoms with E-state index >= 15 is 0 Å². The third-order valence-corrected chi connectivity index (χ3v) is 3.46. The molecular weight excluding hydrogens is 236 g/mol. The predicted molar refractivity (Wildman–Crippen MR) is 58.6 cm³/mol. The molecule has 7 heteroatoms. The van der Waals surface area contributed by atoms with Crippen molar-refractivity contribution in [1.82, 2.24) is 4.98 Å². The predicted octanol–water partition coefficient (Wildman–Crippen LogP) is 2.79. The van der Waals surface area contributed by atoms with Gasteiger partial charge in [0.05, 0.1) is 12.0 Å². The van der Waals surface area contributed by atoms with Crippen LogP contribution in [0.1, 0.15) is 0 Å². The molecule has 0 saturated heterocycles. The third-order valence-electron chi connectivity index (χ3n) is 1.73. The van der Waals surface area contributed by atoms with E-state index in [1.807, 2.05) is 0 Å². The lowest BCUT2D eigenvalue weighted by Gasteiger charge is -1.91. The summed E-state index contributed by atoms with van der Waals surface area (Å²) in [4.78, 5) is 15.0. The lowest BCUT2D eigenvalue weighted by atomic mass is 10.3. The Morgan fingerprint density at radius 3 is 2.93 bits per heavy atom. The summed E-state index contributed by atoms with van der Waals surface area (Å²) >= 11 is 2.62. The van der Waals surface area contributed by atoms with Gasteiger partial charge in [-0.3, -0.25) is 10.1 Å². The second-order valence-electron chi connectivity index (χ2n) is 2.59. The highest BCUT2D eigenvalue weighted by molar-refractivity contribution is 7.15. The summed E-state index contributed by atoms with van der Waals surface area (Å²) in [6.07, 6.45) is 0. The fourth-order valence-electron chi connectivity index (χ4n) is 1.09. The topological polar surface area (TPSA) is 65.3 Å². The Morgan fingerprint density at radius 2 is 2.33 bits per heavy atom. The average molecular weight is 242 g/mol. The molecule has 0 atom stereocenters. The van der Waals surface area contributed by atoms with Gasteiger partial charge < -0.3 is 4.74 Å². The highest BCUT2D eigenvalue weighted by Crippen LogP contribution is 2.36. The zero-order chi connectivity index (χ0) is 10.8. The Hall–Kier alpha value is -1.47. The van der Waals surface area contributed by atoms with Crippen molar-refractivity contribution in [3.8, 4) is 15.8 Å². The first-order chi connectivity index (χ1) is 7.22. The number of methoxy groups -OCH3 is 1. The molecule has 78 valence electrons. The van der Waals surface area contributed by atoms with E-state index in [4.69, 9.17) is 4.74 Å². The first kappa shape index (κ1) is 10.1. The number of hydrogen-bond acceptors (Lipinski definition) is 6. The Labute approximate surface area is 93.1 Å². The molecule has 0 aliphatic heterocycles. The van der Waals surface area contributed by atoms with Gasteiger partial charge in [-0.25, -0.2) is 4.98 Å². The highest BCUT2D eigenvalue weighted by Gasteiger charge is 2.19. The van der Waals surface area contributed by atoms with Crippen molar-refractivity contribution in [3.63, 3.8) is 0 Å². The van der Waals surface area contributed by atoms with Gasteiger partial charge in [-0.15, -0.1) is 11.3 Å². The van der Waals surface area contributed by atoms with Crippen LogP contribution in [0.5, 0.6) is 5.19 Å². The van der Waals surface area contributed by atoms with Gasteiger partial charge in [-0.05, 0) is 5.38 Å². The quantitative estimate of drug-likeness (QED) is 0.613. The van der Waals surface area contributed by atoms with E-state index in [9.17, 15) is 10.1 Å². The smallest absolute Gasteiger partial charge is 0.289 e. The number of nitro groups is 1. The van der Waals surface area contributed by atoms with Crippen molar-refractivity contribution >= 4 is 28.4 Å². The molecule has 0 bridgehead atoms. The molecule has 0 aliphatic rings. The fourth-order valence-corrected chi connectivity index (χ4v) is 2.62. The van der Waals surface area contributed by atoms with E-state index in [-0.39, 0.29) is 5.69 Å².